The molecule has 2 aliphatic carbocycles. The Bertz CT molecular complexity index is 619. The first-order chi connectivity index (χ1) is 11.6. The number of unbranched alkanes of at least 4 members (excludes halogenated alkanes) is 4. The zero-order valence-corrected chi connectivity index (χ0v) is 18.0. The minimum absolute atomic E-state index is 0.0528. The Morgan fingerprint density at radius 3 is 1.72 bits per heavy atom. The monoisotopic (exact) mass is 465 g/mol. The first kappa shape index (κ1) is 20.4. The second kappa shape index (κ2) is 6.60. The van der Waals surface area contributed by atoms with E-state index >= 15 is 0 Å². The summed E-state index contributed by atoms with van der Waals surface area (Å²) in [6, 6.07) is 0. The maximum absolute atomic E-state index is 12.9. The number of carbonyl (C=O) groups excluding carboxylic acids is 2. The van der Waals surface area contributed by atoms with E-state index in [1.807, 2.05) is 0 Å². The average Bonchev–Trinajstić information content (AvgIpc) is 2.93. The van der Waals surface area contributed by atoms with Gasteiger partial charge in [-0.3, -0.25) is 14.5 Å². The fourth-order valence-electron chi connectivity index (χ4n) is 4.15. The van der Waals surface area contributed by atoms with Gasteiger partial charge in [0.2, 0.25) is 11.8 Å². The van der Waals surface area contributed by atoms with Gasteiger partial charge in [-0.15, -0.1) is 23.2 Å². The molecule has 1 saturated heterocycles. The second-order valence-electron chi connectivity index (χ2n) is 6.82. The number of carbonyl (C=O) groups is 2. The van der Waals surface area contributed by atoms with Crippen molar-refractivity contribution in [2.24, 2.45) is 11.8 Å². The molecule has 0 radical (unpaired) electrons. The van der Waals surface area contributed by atoms with Gasteiger partial charge in [0.1, 0.15) is 9.75 Å². The van der Waals surface area contributed by atoms with Crippen LogP contribution in [0.15, 0.2) is 10.1 Å². The Kier molecular flexibility index (Phi) is 5.37. The van der Waals surface area contributed by atoms with Crippen molar-refractivity contribution in [3.8, 4) is 0 Å². The summed E-state index contributed by atoms with van der Waals surface area (Å²) in [7, 11) is 0. The maximum Gasteiger partial charge on any atom is 0.235 e. The highest BCUT2D eigenvalue weighted by molar-refractivity contribution is 6.66. The number of nitrogens with zero attached hydrogens (tertiary/aromatic N) is 1. The number of alkyl halides is 4. The molecule has 2 bridgehead atoms. The number of amides is 2. The summed E-state index contributed by atoms with van der Waals surface area (Å²) in [6.07, 6.45) is 4.96. The van der Waals surface area contributed by atoms with Crippen LogP contribution >= 0.6 is 69.6 Å². The topological polar surface area (TPSA) is 37.4 Å². The van der Waals surface area contributed by atoms with E-state index in [0.717, 1.165) is 32.1 Å². The lowest BCUT2D eigenvalue weighted by atomic mass is 9.84. The molecule has 3 nitrogen and oxygen atoms in total. The van der Waals surface area contributed by atoms with E-state index in [4.69, 9.17) is 69.6 Å². The van der Waals surface area contributed by atoms with Gasteiger partial charge in [0.05, 0.1) is 21.9 Å². The van der Waals surface area contributed by atoms with Gasteiger partial charge in [-0.25, -0.2) is 0 Å². The molecule has 1 saturated carbocycles. The van der Waals surface area contributed by atoms with Crippen molar-refractivity contribution in [1.82, 2.24) is 4.90 Å². The first-order valence-electron chi connectivity index (χ1n) is 8.25. The standard InChI is InChI=1S/C16H17Cl6NO2/c1-2-3-4-5-6-7-23-12(24)8-9(13(23)25)15(20)11(18)10(17)14(8,19)16(15,21)22/h8-9H,2-7H2,1H3/t8-,9+,14-,15-/m0/s1. The lowest BCUT2D eigenvalue weighted by Gasteiger charge is -2.34. The van der Waals surface area contributed by atoms with E-state index in [1.54, 1.807) is 0 Å². The largest absolute Gasteiger partial charge is 0.282 e. The Morgan fingerprint density at radius 1 is 0.840 bits per heavy atom. The van der Waals surface area contributed by atoms with E-state index in [0.29, 0.717) is 6.54 Å². The van der Waals surface area contributed by atoms with Crippen LogP contribution < -0.4 is 0 Å². The Morgan fingerprint density at radius 2 is 1.28 bits per heavy atom. The molecule has 0 aromatic heterocycles. The van der Waals surface area contributed by atoms with Crippen molar-refractivity contribution in [2.75, 3.05) is 6.54 Å². The highest BCUT2D eigenvalue weighted by atomic mass is 35.5. The van der Waals surface area contributed by atoms with Crippen molar-refractivity contribution >= 4 is 81.4 Å². The fourth-order valence-corrected chi connectivity index (χ4v) is 7.08. The van der Waals surface area contributed by atoms with E-state index in [1.165, 1.54) is 4.90 Å². The Hall–Kier alpha value is 0.620. The van der Waals surface area contributed by atoms with Crippen molar-refractivity contribution in [2.45, 2.75) is 53.1 Å². The number of fused-ring (bicyclic) bond motifs is 5. The Balaban J connectivity index is 1.88. The molecule has 2 fully saturated rings. The van der Waals surface area contributed by atoms with Crippen molar-refractivity contribution in [3.05, 3.63) is 10.1 Å². The smallest absolute Gasteiger partial charge is 0.235 e. The number of hydrogen-bond acceptors (Lipinski definition) is 2. The van der Waals surface area contributed by atoms with Crippen LogP contribution in [-0.4, -0.2) is 37.3 Å². The van der Waals surface area contributed by atoms with Crippen LogP contribution in [-0.2, 0) is 9.59 Å². The lowest BCUT2D eigenvalue weighted by Crippen LogP contribution is -2.50. The third kappa shape index (κ3) is 2.32. The summed E-state index contributed by atoms with van der Waals surface area (Å²) < 4.78 is -1.86. The van der Waals surface area contributed by atoms with Crippen LogP contribution in [0.5, 0.6) is 0 Å². The minimum Gasteiger partial charge on any atom is -0.282 e. The van der Waals surface area contributed by atoms with Gasteiger partial charge >= 0.3 is 0 Å². The molecule has 0 spiro atoms. The normalized spacial score (nSPS) is 38.9. The van der Waals surface area contributed by atoms with E-state index in [-0.39, 0.29) is 10.1 Å². The molecule has 0 N–H and O–H groups in total. The van der Waals surface area contributed by atoms with Crippen LogP contribution in [0.25, 0.3) is 0 Å². The minimum atomic E-state index is -1.86. The van der Waals surface area contributed by atoms with Crippen molar-refractivity contribution < 1.29 is 9.59 Å². The predicted octanol–water partition coefficient (Wildman–Crippen LogP) is 5.40. The molecule has 140 valence electrons. The molecule has 25 heavy (non-hydrogen) atoms. The molecule has 2 amide bonds. The molecule has 0 aromatic rings. The maximum atomic E-state index is 12.9. The van der Waals surface area contributed by atoms with Crippen molar-refractivity contribution in [3.63, 3.8) is 0 Å². The number of imide groups is 1. The van der Waals surface area contributed by atoms with Gasteiger partial charge in [0.15, 0.2) is 4.33 Å². The number of allylic oxidation sites excluding steroid dienone is 2. The molecule has 1 aliphatic heterocycles. The number of hydrogen-bond donors (Lipinski definition) is 0. The lowest BCUT2D eigenvalue weighted by molar-refractivity contribution is -0.140. The molecule has 0 unspecified atom stereocenters. The van der Waals surface area contributed by atoms with Crippen LogP contribution in [0.1, 0.15) is 39.0 Å². The fraction of sp³-hybridized carbons (Fsp3) is 0.750. The first-order valence-corrected chi connectivity index (χ1v) is 10.5. The SMILES string of the molecule is CCCCCCCN1C(=O)[C@@H]2[C@H](C1=O)[C@]1(Cl)C(Cl)=C(Cl)[C@]2(Cl)C1(Cl)Cl. The van der Waals surface area contributed by atoms with Gasteiger partial charge in [-0.05, 0) is 6.42 Å². The summed E-state index contributed by atoms with van der Waals surface area (Å²) in [5.41, 5.74) is 0. The molecular weight excluding hydrogens is 451 g/mol. The van der Waals surface area contributed by atoms with Gasteiger partial charge in [-0.2, -0.15) is 0 Å². The number of rotatable bonds is 6. The summed E-state index contributed by atoms with van der Waals surface area (Å²) in [4.78, 5) is 23.6. The molecule has 3 rings (SSSR count). The molecule has 4 atom stereocenters. The van der Waals surface area contributed by atoms with Gasteiger partial charge in [0.25, 0.3) is 0 Å². The van der Waals surface area contributed by atoms with E-state index in [9.17, 15) is 9.59 Å². The van der Waals surface area contributed by atoms with Crippen molar-refractivity contribution in [1.29, 1.82) is 0 Å². The third-order valence-electron chi connectivity index (χ3n) is 5.49. The summed E-state index contributed by atoms with van der Waals surface area (Å²) in [6.45, 7) is 2.44. The highest BCUT2D eigenvalue weighted by Gasteiger charge is 2.87. The van der Waals surface area contributed by atoms with Crippen LogP contribution in [0.3, 0.4) is 0 Å². The molecule has 0 aromatic carbocycles. The Labute approximate surface area is 176 Å². The van der Waals surface area contributed by atoms with Crippen LogP contribution in [0.2, 0.25) is 0 Å². The van der Waals surface area contributed by atoms with Crippen LogP contribution in [0.4, 0.5) is 0 Å². The van der Waals surface area contributed by atoms with Gasteiger partial charge < -0.3 is 0 Å². The molecule has 1 heterocycles. The van der Waals surface area contributed by atoms with Gasteiger partial charge in [-0.1, -0.05) is 79.0 Å². The number of halogens is 6. The predicted molar refractivity (Wildman–Crippen MR) is 103 cm³/mol. The van der Waals surface area contributed by atoms with E-state index in [2.05, 4.69) is 6.92 Å². The van der Waals surface area contributed by atoms with E-state index < -0.39 is 37.7 Å². The second-order valence-corrected chi connectivity index (χ2v) is 10.1. The molecule has 3 aliphatic rings. The third-order valence-corrected chi connectivity index (χ3v) is 9.74. The summed E-state index contributed by atoms with van der Waals surface area (Å²) >= 11 is 38.6. The van der Waals surface area contributed by atoms with Gasteiger partial charge in [0, 0.05) is 6.54 Å². The quantitative estimate of drug-likeness (QED) is 0.298. The molecular formula is C16H17Cl6NO2. The number of likely N-dealkylation sites (tertiary alicyclic amines) is 1. The zero-order chi connectivity index (χ0) is 18.8. The molecule has 9 heteroatoms. The van der Waals surface area contributed by atoms with Crippen LogP contribution in [0, 0.1) is 11.8 Å². The average molecular weight is 468 g/mol. The summed E-state index contributed by atoms with van der Waals surface area (Å²) in [5.74, 6) is -2.90. The summed E-state index contributed by atoms with van der Waals surface area (Å²) in [5, 5.41) is -0.106. The highest BCUT2D eigenvalue weighted by Crippen LogP contribution is 2.77. The zero-order valence-electron chi connectivity index (χ0n) is 13.4.